The Balaban J connectivity index is 1.19. The standard InChI is InChI=1S/C24H23ClN4O3/c25-19-8-6-16(7-9-19)22-26-23(32-27-22)17-10-12-28(13-11-17)24(31)18-14-21(30)29(15-18)20-4-2-1-3-5-20/h1-9,17-18H,10-15H2. The number of aromatic nitrogens is 2. The Morgan fingerprint density at radius 1 is 1.03 bits per heavy atom. The second-order valence-corrected chi connectivity index (χ2v) is 8.74. The molecule has 1 unspecified atom stereocenters. The number of nitrogens with zero attached hydrogens (tertiary/aromatic N) is 4. The molecule has 1 aromatic heterocycles. The van der Waals surface area contributed by atoms with Gasteiger partial charge >= 0.3 is 0 Å². The molecule has 0 bridgehead atoms. The van der Waals surface area contributed by atoms with Gasteiger partial charge in [0.05, 0.1) is 5.92 Å². The van der Waals surface area contributed by atoms with E-state index in [9.17, 15) is 9.59 Å². The number of hydrogen-bond donors (Lipinski definition) is 0. The number of rotatable bonds is 4. The minimum Gasteiger partial charge on any atom is -0.342 e. The highest BCUT2D eigenvalue weighted by Gasteiger charge is 2.38. The maximum absolute atomic E-state index is 13.1. The van der Waals surface area contributed by atoms with E-state index in [-0.39, 0.29) is 30.1 Å². The van der Waals surface area contributed by atoms with Crippen molar-refractivity contribution in [2.24, 2.45) is 5.92 Å². The van der Waals surface area contributed by atoms with Crippen LogP contribution in [0, 0.1) is 5.92 Å². The third kappa shape index (κ3) is 4.12. The Labute approximate surface area is 191 Å². The third-order valence-corrected chi connectivity index (χ3v) is 6.49. The summed E-state index contributed by atoms with van der Waals surface area (Å²) in [4.78, 5) is 33.7. The zero-order valence-electron chi connectivity index (χ0n) is 17.5. The van der Waals surface area contributed by atoms with Crippen molar-refractivity contribution in [3.05, 3.63) is 65.5 Å². The van der Waals surface area contributed by atoms with Crippen molar-refractivity contribution in [3.63, 3.8) is 0 Å². The van der Waals surface area contributed by atoms with Crippen LogP contribution in [0.3, 0.4) is 0 Å². The van der Waals surface area contributed by atoms with Crippen LogP contribution in [0.25, 0.3) is 11.4 Å². The van der Waals surface area contributed by atoms with Gasteiger partial charge in [0.25, 0.3) is 0 Å². The monoisotopic (exact) mass is 450 g/mol. The lowest BCUT2D eigenvalue weighted by Crippen LogP contribution is -2.42. The van der Waals surface area contributed by atoms with Crippen LogP contribution in [0.1, 0.15) is 31.1 Å². The molecule has 1 atom stereocenters. The van der Waals surface area contributed by atoms with Gasteiger partial charge < -0.3 is 14.3 Å². The van der Waals surface area contributed by atoms with Gasteiger partial charge in [-0.25, -0.2) is 0 Å². The highest BCUT2D eigenvalue weighted by molar-refractivity contribution is 6.30. The maximum atomic E-state index is 13.1. The Morgan fingerprint density at radius 3 is 2.47 bits per heavy atom. The Hall–Kier alpha value is -3.19. The van der Waals surface area contributed by atoms with E-state index in [1.165, 1.54) is 0 Å². The maximum Gasteiger partial charge on any atom is 0.230 e. The van der Waals surface area contributed by atoms with E-state index in [1.54, 1.807) is 17.0 Å². The molecule has 5 rings (SSSR count). The minimum absolute atomic E-state index is 0.00465. The lowest BCUT2D eigenvalue weighted by Gasteiger charge is -2.32. The van der Waals surface area contributed by atoms with Gasteiger partial charge in [0.15, 0.2) is 0 Å². The van der Waals surface area contributed by atoms with E-state index in [4.69, 9.17) is 16.1 Å². The fourth-order valence-electron chi connectivity index (χ4n) is 4.45. The van der Waals surface area contributed by atoms with Gasteiger partial charge in [0.2, 0.25) is 23.5 Å². The van der Waals surface area contributed by atoms with Gasteiger partial charge in [-0.05, 0) is 49.2 Å². The van der Waals surface area contributed by atoms with Crippen LogP contribution in [0.4, 0.5) is 5.69 Å². The van der Waals surface area contributed by atoms with Crippen molar-refractivity contribution in [1.82, 2.24) is 15.0 Å². The molecule has 8 heteroatoms. The number of halogens is 1. The average Bonchev–Trinajstić information content (AvgIpc) is 3.47. The lowest BCUT2D eigenvalue weighted by atomic mass is 9.95. The molecule has 2 aliphatic rings. The van der Waals surface area contributed by atoms with E-state index in [1.807, 2.05) is 47.4 Å². The number of benzene rings is 2. The first-order valence-electron chi connectivity index (χ1n) is 10.8. The quantitative estimate of drug-likeness (QED) is 0.596. The molecule has 32 heavy (non-hydrogen) atoms. The SMILES string of the molecule is O=C(C1CC(=O)N(c2ccccc2)C1)N1CCC(c2nc(-c3ccc(Cl)cc3)no2)CC1. The van der Waals surface area contributed by atoms with Crippen LogP contribution in [-0.4, -0.2) is 46.5 Å². The van der Waals surface area contributed by atoms with E-state index >= 15 is 0 Å². The molecule has 3 heterocycles. The number of amides is 2. The fourth-order valence-corrected chi connectivity index (χ4v) is 4.58. The summed E-state index contributed by atoms with van der Waals surface area (Å²) in [6.45, 7) is 1.69. The Morgan fingerprint density at radius 2 is 1.75 bits per heavy atom. The van der Waals surface area contributed by atoms with Crippen molar-refractivity contribution in [2.75, 3.05) is 24.5 Å². The molecule has 2 saturated heterocycles. The van der Waals surface area contributed by atoms with Crippen LogP contribution in [0.5, 0.6) is 0 Å². The second-order valence-electron chi connectivity index (χ2n) is 8.30. The molecule has 0 saturated carbocycles. The summed E-state index contributed by atoms with van der Waals surface area (Å²) in [5, 5.41) is 4.76. The third-order valence-electron chi connectivity index (χ3n) is 6.24. The lowest BCUT2D eigenvalue weighted by molar-refractivity contribution is -0.136. The van der Waals surface area contributed by atoms with Gasteiger partial charge in [-0.15, -0.1) is 0 Å². The zero-order chi connectivity index (χ0) is 22.1. The van der Waals surface area contributed by atoms with Crippen LogP contribution >= 0.6 is 11.6 Å². The smallest absolute Gasteiger partial charge is 0.230 e. The molecule has 3 aromatic rings. The molecule has 0 spiro atoms. The van der Waals surface area contributed by atoms with Gasteiger partial charge in [-0.1, -0.05) is 35.0 Å². The topological polar surface area (TPSA) is 79.5 Å². The van der Waals surface area contributed by atoms with Crippen molar-refractivity contribution < 1.29 is 14.1 Å². The van der Waals surface area contributed by atoms with Gasteiger partial charge in [-0.2, -0.15) is 4.98 Å². The number of likely N-dealkylation sites (tertiary alicyclic amines) is 1. The molecule has 2 fully saturated rings. The second kappa shape index (κ2) is 8.74. The summed E-state index contributed by atoms with van der Waals surface area (Å²) in [6, 6.07) is 16.8. The number of anilines is 1. The molecule has 2 amide bonds. The predicted molar refractivity (Wildman–Crippen MR) is 120 cm³/mol. The normalized spacial score (nSPS) is 19.5. The molecule has 7 nitrogen and oxygen atoms in total. The molecule has 0 aliphatic carbocycles. The predicted octanol–water partition coefficient (Wildman–Crippen LogP) is 4.15. The number of para-hydroxylation sites is 1. The minimum atomic E-state index is -0.292. The van der Waals surface area contributed by atoms with Gasteiger partial charge in [0, 0.05) is 48.2 Å². The average molecular weight is 451 g/mol. The summed E-state index contributed by atoms with van der Waals surface area (Å²) >= 11 is 5.94. The van der Waals surface area contributed by atoms with Crippen LogP contribution in [0.2, 0.25) is 5.02 Å². The number of carbonyl (C=O) groups excluding carboxylic acids is 2. The van der Waals surface area contributed by atoms with E-state index in [0.29, 0.717) is 36.4 Å². The van der Waals surface area contributed by atoms with Crippen molar-refractivity contribution in [2.45, 2.75) is 25.2 Å². The first kappa shape index (κ1) is 20.7. The number of piperidine rings is 1. The molecule has 2 aromatic carbocycles. The van der Waals surface area contributed by atoms with Crippen LogP contribution < -0.4 is 4.90 Å². The highest BCUT2D eigenvalue weighted by atomic mass is 35.5. The van der Waals surface area contributed by atoms with Crippen LogP contribution in [-0.2, 0) is 9.59 Å². The first-order chi connectivity index (χ1) is 15.6. The molecular weight excluding hydrogens is 428 g/mol. The van der Waals surface area contributed by atoms with Gasteiger partial charge in [0.1, 0.15) is 0 Å². The van der Waals surface area contributed by atoms with E-state index < -0.39 is 0 Å². The fraction of sp³-hybridized carbons (Fsp3) is 0.333. The summed E-state index contributed by atoms with van der Waals surface area (Å²) in [7, 11) is 0. The highest BCUT2D eigenvalue weighted by Crippen LogP contribution is 2.31. The summed E-state index contributed by atoms with van der Waals surface area (Å²) in [5.74, 6) is 1.04. The van der Waals surface area contributed by atoms with Crippen molar-refractivity contribution >= 4 is 29.1 Å². The summed E-state index contributed by atoms with van der Waals surface area (Å²) in [5.41, 5.74) is 1.70. The zero-order valence-corrected chi connectivity index (χ0v) is 18.2. The first-order valence-corrected chi connectivity index (χ1v) is 11.2. The molecule has 2 aliphatic heterocycles. The Bertz CT molecular complexity index is 1110. The van der Waals surface area contributed by atoms with Gasteiger partial charge in [-0.3, -0.25) is 9.59 Å². The van der Waals surface area contributed by atoms with Crippen LogP contribution in [0.15, 0.2) is 59.1 Å². The largest absolute Gasteiger partial charge is 0.342 e. The molecule has 0 radical (unpaired) electrons. The van der Waals surface area contributed by atoms with Crippen molar-refractivity contribution in [3.8, 4) is 11.4 Å². The van der Waals surface area contributed by atoms with E-state index in [0.717, 1.165) is 24.1 Å². The number of carbonyl (C=O) groups is 2. The van der Waals surface area contributed by atoms with Crippen molar-refractivity contribution in [1.29, 1.82) is 0 Å². The summed E-state index contributed by atoms with van der Waals surface area (Å²) < 4.78 is 5.51. The summed E-state index contributed by atoms with van der Waals surface area (Å²) in [6.07, 6.45) is 1.79. The Kier molecular flexibility index (Phi) is 5.66. The number of hydrogen-bond acceptors (Lipinski definition) is 5. The van der Waals surface area contributed by atoms with E-state index in [2.05, 4.69) is 10.1 Å². The molecule has 164 valence electrons. The molecular formula is C24H23ClN4O3. The molecule has 0 N–H and O–H groups in total.